The van der Waals surface area contributed by atoms with E-state index in [-0.39, 0.29) is 0 Å². The molecule has 60 valence electrons. The van der Waals surface area contributed by atoms with Gasteiger partial charge in [0.2, 0.25) is 0 Å². The predicted molar refractivity (Wildman–Crippen MR) is 42.7 cm³/mol. The van der Waals surface area contributed by atoms with Crippen molar-refractivity contribution in [2.45, 2.75) is 31.6 Å². The lowest BCUT2D eigenvalue weighted by Gasteiger charge is -2.30. The first-order valence-corrected chi connectivity index (χ1v) is 3.97. The highest BCUT2D eigenvalue weighted by Crippen LogP contribution is 2.07. The van der Waals surface area contributed by atoms with E-state index >= 15 is 0 Å². The van der Waals surface area contributed by atoms with Gasteiger partial charge in [0.05, 0.1) is 12.3 Å². The number of piperidine rings is 1. The molecule has 1 heterocycles. The van der Waals surface area contributed by atoms with Crippen molar-refractivity contribution in [1.29, 1.82) is 0 Å². The third-order valence-corrected chi connectivity index (χ3v) is 2.08. The minimum atomic E-state index is 0.506. The van der Waals surface area contributed by atoms with E-state index in [1.54, 1.807) is 0 Å². The maximum Gasteiger partial charge on any atom is 0.0581 e. The summed E-state index contributed by atoms with van der Waals surface area (Å²) < 4.78 is 0. The minimum Gasteiger partial charge on any atom is -0.305 e. The molecule has 1 aliphatic rings. The number of hydrogen-bond acceptors (Lipinski definition) is 3. The van der Waals surface area contributed by atoms with Crippen molar-refractivity contribution < 1.29 is 0 Å². The molecule has 0 saturated carbocycles. The van der Waals surface area contributed by atoms with E-state index < -0.39 is 0 Å². The van der Waals surface area contributed by atoms with E-state index in [2.05, 4.69) is 16.0 Å². The summed E-state index contributed by atoms with van der Waals surface area (Å²) >= 11 is 0. The van der Waals surface area contributed by atoms with E-state index in [4.69, 9.17) is 0 Å². The predicted octanol–water partition coefficient (Wildman–Crippen LogP) is -0.149. The van der Waals surface area contributed by atoms with Crippen LogP contribution in [0, 0.1) is 0 Å². The second kappa shape index (κ2) is 3.91. The summed E-state index contributed by atoms with van der Waals surface area (Å²) in [7, 11) is 3.99. The Kier molecular flexibility index (Phi) is 3.12. The summed E-state index contributed by atoms with van der Waals surface area (Å²) in [5, 5.41) is 9.86. The monoisotopic (exact) mass is 143 g/mol. The third-order valence-electron chi connectivity index (χ3n) is 2.08. The molecular weight excluding hydrogens is 126 g/mol. The molecule has 0 aromatic carbocycles. The Bertz CT molecular complexity index is 84.9. The zero-order chi connectivity index (χ0) is 7.40. The van der Waals surface area contributed by atoms with E-state index in [1.807, 2.05) is 14.1 Å². The van der Waals surface area contributed by atoms with Crippen LogP contribution in [0.3, 0.4) is 0 Å². The van der Waals surface area contributed by atoms with Crippen LogP contribution in [-0.2, 0) is 0 Å². The van der Waals surface area contributed by atoms with Crippen molar-refractivity contribution in [3.8, 4) is 0 Å². The van der Waals surface area contributed by atoms with Crippen molar-refractivity contribution in [3.63, 3.8) is 0 Å². The van der Waals surface area contributed by atoms with Crippen LogP contribution < -0.4 is 16.0 Å². The Labute approximate surface area is 62.6 Å². The molecule has 0 unspecified atom stereocenters. The van der Waals surface area contributed by atoms with Gasteiger partial charge in [-0.15, -0.1) is 0 Å². The Morgan fingerprint density at radius 3 is 2.00 bits per heavy atom. The van der Waals surface area contributed by atoms with Gasteiger partial charge in [0.1, 0.15) is 0 Å². The smallest absolute Gasteiger partial charge is 0.0581 e. The maximum atomic E-state index is 3.43. The lowest BCUT2D eigenvalue weighted by atomic mass is 10.1. The van der Waals surface area contributed by atoms with Crippen LogP contribution in [0.15, 0.2) is 0 Å². The fourth-order valence-corrected chi connectivity index (χ4v) is 1.39. The number of nitrogens with one attached hydrogen (secondary N) is 3. The van der Waals surface area contributed by atoms with Gasteiger partial charge in [0, 0.05) is 0 Å². The lowest BCUT2D eigenvalue weighted by molar-refractivity contribution is 0.270. The summed E-state index contributed by atoms with van der Waals surface area (Å²) in [5.74, 6) is 0. The molecule has 2 atom stereocenters. The Balaban J connectivity index is 2.25. The van der Waals surface area contributed by atoms with Gasteiger partial charge in [-0.3, -0.25) is 5.32 Å². The molecule has 0 radical (unpaired) electrons. The normalized spacial score (nSPS) is 34.2. The summed E-state index contributed by atoms with van der Waals surface area (Å²) in [4.78, 5) is 0. The molecule has 0 aliphatic carbocycles. The molecule has 1 saturated heterocycles. The van der Waals surface area contributed by atoms with Crippen molar-refractivity contribution >= 4 is 0 Å². The van der Waals surface area contributed by atoms with Crippen LogP contribution in [0.4, 0.5) is 0 Å². The Hall–Kier alpha value is -0.120. The maximum absolute atomic E-state index is 3.43. The van der Waals surface area contributed by atoms with Crippen molar-refractivity contribution in [1.82, 2.24) is 16.0 Å². The molecule has 1 fully saturated rings. The summed E-state index contributed by atoms with van der Waals surface area (Å²) in [6.07, 6.45) is 4.81. The first kappa shape index (κ1) is 7.98. The molecule has 3 nitrogen and oxygen atoms in total. The average molecular weight is 143 g/mol. The van der Waals surface area contributed by atoms with Crippen LogP contribution >= 0.6 is 0 Å². The average Bonchev–Trinajstić information content (AvgIpc) is 2.05. The third kappa shape index (κ3) is 1.94. The molecule has 3 heteroatoms. The van der Waals surface area contributed by atoms with E-state index in [1.165, 1.54) is 19.3 Å². The highest BCUT2D eigenvalue weighted by atomic mass is 15.2. The van der Waals surface area contributed by atoms with Crippen molar-refractivity contribution in [2.75, 3.05) is 14.1 Å². The van der Waals surface area contributed by atoms with Gasteiger partial charge in [-0.25, -0.2) is 0 Å². The van der Waals surface area contributed by atoms with Crippen LogP contribution in [0.1, 0.15) is 19.3 Å². The van der Waals surface area contributed by atoms with Gasteiger partial charge in [-0.05, 0) is 33.4 Å². The molecule has 1 rings (SSSR count). The van der Waals surface area contributed by atoms with E-state index in [9.17, 15) is 0 Å². The van der Waals surface area contributed by atoms with Gasteiger partial charge >= 0.3 is 0 Å². The van der Waals surface area contributed by atoms with Crippen LogP contribution in [-0.4, -0.2) is 26.4 Å². The topological polar surface area (TPSA) is 36.1 Å². The number of hydrogen-bond donors (Lipinski definition) is 3. The summed E-state index contributed by atoms with van der Waals surface area (Å²) in [6.45, 7) is 0. The largest absolute Gasteiger partial charge is 0.305 e. The highest BCUT2D eigenvalue weighted by Gasteiger charge is 2.16. The fourth-order valence-electron chi connectivity index (χ4n) is 1.39. The lowest BCUT2D eigenvalue weighted by Crippen LogP contribution is -2.53. The molecule has 0 aromatic heterocycles. The second-order valence-electron chi connectivity index (χ2n) is 2.78. The molecule has 1 aliphatic heterocycles. The Morgan fingerprint density at radius 2 is 1.60 bits per heavy atom. The molecule has 0 aromatic rings. The standard InChI is InChI=1S/C7H17N3/c1-8-6-4-3-5-7(9-2)10-6/h6-10H,3-5H2,1-2H3/t6-,7+. The van der Waals surface area contributed by atoms with Crippen molar-refractivity contribution in [3.05, 3.63) is 0 Å². The summed E-state index contributed by atoms with van der Waals surface area (Å²) in [6, 6.07) is 0. The van der Waals surface area contributed by atoms with Crippen LogP contribution in [0.5, 0.6) is 0 Å². The second-order valence-corrected chi connectivity index (χ2v) is 2.78. The quantitative estimate of drug-likeness (QED) is 0.503. The minimum absolute atomic E-state index is 0.506. The van der Waals surface area contributed by atoms with Gasteiger partial charge in [-0.1, -0.05) is 0 Å². The van der Waals surface area contributed by atoms with E-state index in [0.717, 1.165) is 0 Å². The van der Waals surface area contributed by atoms with Gasteiger partial charge in [-0.2, -0.15) is 0 Å². The van der Waals surface area contributed by atoms with Gasteiger partial charge in [0.15, 0.2) is 0 Å². The molecule has 3 N–H and O–H groups in total. The van der Waals surface area contributed by atoms with Crippen molar-refractivity contribution in [2.24, 2.45) is 0 Å². The van der Waals surface area contributed by atoms with Crippen LogP contribution in [0.25, 0.3) is 0 Å². The summed E-state index contributed by atoms with van der Waals surface area (Å²) in [5.41, 5.74) is 0. The molecule has 10 heavy (non-hydrogen) atoms. The van der Waals surface area contributed by atoms with Gasteiger partial charge < -0.3 is 10.6 Å². The van der Waals surface area contributed by atoms with Gasteiger partial charge in [0.25, 0.3) is 0 Å². The first-order chi connectivity index (χ1) is 4.86. The highest BCUT2D eigenvalue weighted by molar-refractivity contribution is 4.75. The molecule has 0 spiro atoms. The molecular formula is C7H17N3. The number of rotatable bonds is 2. The fraction of sp³-hybridized carbons (Fsp3) is 1.00. The first-order valence-electron chi connectivity index (χ1n) is 3.97. The Morgan fingerprint density at radius 1 is 1.10 bits per heavy atom. The van der Waals surface area contributed by atoms with E-state index in [0.29, 0.717) is 12.3 Å². The molecule has 0 amide bonds. The molecule has 0 bridgehead atoms. The zero-order valence-electron chi connectivity index (χ0n) is 6.78. The SMILES string of the molecule is CN[C@H]1CCC[C@@H](NC)N1. The van der Waals surface area contributed by atoms with Crippen LogP contribution in [0.2, 0.25) is 0 Å². The zero-order valence-corrected chi connectivity index (χ0v) is 6.78.